The minimum atomic E-state index is -3.21. The van der Waals surface area contributed by atoms with Crippen molar-refractivity contribution in [2.75, 3.05) is 38.5 Å². The summed E-state index contributed by atoms with van der Waals surface area (Å²) in [5.41, 5.74) is 0. The first-order chi connectivity index (χ1) is 10.4. The van der Waals surface area contributed by atoms with Crippen molar-refractivity contribution in [1.82, 2.24) is 14.5 Å². The summed E-state index contributed by atoms with van der Waals surface area (Å²) in [7, 11) is -3.21. The lowest BCUT2D eigenvalue weighted by Gasteiger charge is -2.40. The van der Waals surface area contributed by atoms with Gasteiger partial charge in [0.2, 0.25) is 15.9 Å². The molecule has 2 rings (SSSR count). The number of halogens is 1. The molecule has 2 saturated heterocycles. The molecule has 6 nitrogen and oxygen atoms in total. The van der Waals surface area contributed by atoms with E-state index >= 15 is 0 Å². The zero-order valence-corrected chi connectivity index (χ0v) is 15.8. The molecule has 0 aromatic carbocycles. The summed E-state index contributed by atoms with van der Waals surface area (Å²) in [6.07, 6.45) is 3.69. The smallest absolute Gasteiger partial charge is 0.236 e. The quantitative estimate of drug-likeness (QED) is 0.762. The molecular weight excluding hydrogens is 338 g/mol. The van der Waals surface area contributed by atoms with E-state index in [0.717, 1.165) is 32.2 Å². The molecule has 1 N–H and O–H groups in total. The molecule has 0 aromatic rings. The number of sulfonamides is 1. The number of nitrogens with zero attached hydrogens (tertiary/aromatic N) is 2. The Bertz CT molecular complexity index is 486. The minimum absolute atomic E-state index is 0. The van der Waals surface area contributed by atoms with Crippen molar-refractivity contribution in [3.05, 3.63) is 0 Å². The van der Waals surface area contributed by atoms with Crippen LogP contribution in [0.1, 0.15) is 39.5 Å². The standard InChI is InChI=1S/C15H29N3O3S.ClH/c1-3-5-13(2)12-22(20,21)17-8-4-6-14(11-17)18-9-7-16-10-15(18)19;/h13-14,16H,3-12H2,1-2H3;1H. The Morgan fingerprint density at radius 1 is 1.35 bits per heavy atom. The number of hydrogen-bond acceptors (Lipinski definition) is 4. The Morgan fingerprint density at radius 2 is 2.09 bits per heavy atom. The predicted octanol–water partition coefficient (Wildman–Crippen LogP) is 1.07. The van der Waals surface area contributed by atoms with Gasteiger partial charge in [0.1, 0.15) is 0 Å². The van der Waals surface area contributed by atoms with Gasteiger partial charge in [-0.2, -0.15) is 4.31 Å². The van der Waals surface area contributed by atoms with E-state index in [1.54, 1.807) is 4.31 Å². The fourth-order valence-corrected chi connectivity index (χ4v) is 5.38. The third-order valence-corrected chi connectivity index (χ3v) is 6.70. The van der Waals surface area contributed by atoms with Crippen LogP contribution < -0.4 is 5.32 Å². The van der Waals surface area contributed by atoms with Crippen LogP contribution in [0.5, 0.6) is 0 Å². The van der Waals surface area contributed by atoms with E-state index in [0.29, 0.717) is 26.2 Å². The van der Waals surface area contributed by atoms with Gasteiger partial charge < -0.3 is 10.2 Å². The maximum Gasteiger partial charge on any atom is 0.236 e. The Morgan fingerprint density at radius 3 is 2.74 bits per heavy atom. The first kappa shape index (κ1) is 20.7. The summed E-state index contributed by atoms with van der Waals surface area (Å²) in [6.45, 7) is 6.99. The van der Waals surface area contributed by atoms with Crippen LogP contribution in [0, 0.1) is 5.92 Å². The number of nitrogens with one attached hydrogen (secondary N) is 1. The molecule has 0 spiro atoms. The SMILES string of the molecule is CCCC(C)CS(=O)(=O)N1CCCC(N2CCNCC2=O)C1.Cl. The lowest BCUT2D eigenvalue weighted by Crippen LogP contribution is -2.57. The second kappa shape index (κ2) is 9.20. The van der Waals surface area contributed by atoms with Crippen LogP contribution in [0.25, 0.3) is 0 Å². The third kappa shape index (κ3) is 5.59. The molecule has 2 fully saturated rings. The molecule has 2 aliphatic heterocycles. The molecule has 0 aromatic heterocycles. The topological polar surface area (TPSA) is 69.7 Å². The predicted molar refractivity (Wildman–Crippen MR) is 94.3 cm³/mol. The lowest BCUT2D eigenvalue weighted by molar-refractivity contribution is -0.135. The largest absolute Gasteiger partial charge is 0.336 e. The van der Waals surface area contributed by atoms with Crippen LogP contribution in [0.3, 0.4) is 0 Å². The van der Waals surface area contributed by atoms with Crippen molar-refractivity contribution in [3.8, 4) is 0 Å². The van der Waals surface area contributed by atoms with Crippen LogP contribution in [-0.4, -0.2) is 68.0 Å². The van der Waals surface area contributed by atoms with E-state index in [4.69, 9.17) is 0 Å². The number of piperidine rings is 1. The van der Waals surface area contributed by atoms with Gasteiger partial charge in [0.25, 0.3) is 0 Å². The third-order valence-electron chi connectivity index (χ3n) is 4.60. The van der Waals surface area contributed by atoms with Crippen LogP contribution in [-0.2, 0) is 14.8 Å². The van der Waals surface area contributed by atoms with Gasteiger partial charge in [-0.3, -0.25) is 4.79 Å². The maximum atomic E-state index is 12.6. The molecular formula is C15H30ClN3O3S. The molecule has 136 valence electrons. The molecule has 0 bridgehead atoms. The van der Waals surface area contributed by atoms with E-state index in [2.05, 4.69) is 12.2 Å². The Kier molecular flexibility index (Phi) is 8.27. The molecule has 23 heavy (non-hydrogen) atoms. The van der Waals surface area contributed by atoms with Gasteiger partial charge in [-0.25, -0.2) is 8.42 Å². The molecule has 0 saturated carbocycles. The molecule has 0 aliphatic carbocycles. The van der Waals surface area contributed by atoms with E-state index in [9.17, 15) is 13.2 Å². The van der Waals surface area contributed by atoms with E-state index in [1.165, 1.54) is 0 Å². The average molecular weight is 368 g/mol. The minimum Gasteiger partial charge on any atom is -0.336 e. The first-order valence-corrected chi connectivity index (χ1v) is 10.0. The number of carbonyl (C=O) groups excluding carboxylic acids is 1. The summed E-state index contributed by atoms with van der Waals surface area (Å²) in [5.74, 6) is 0.509. The normalized spacial score (nSPS) is 25.0. The summed E-state index contributed by atoms with van der Waals surface area (Å²) in [5, 5.41) is 3.06. The highest BCUT2D eigenvalue weighted by molar-refractivity contribution is 7.89. The molecule has 0 radical (unpaired) electrons. The van der Waals surface area contributed by atoms with Gasteiger partial charge in [-0.1, -0.05) is 20.3 Å². The first-order valence-electron chi connectivity index (χ1n) is 8.42. The number of amides is 1. The van der Waals surface area contributed by atoms with E-state index in [-0.39, 0.29) is 36.0 Å². The van der Waals surface area contributed by atoms with Crippen LogP contribution in [0.2, 0.25) is 0 Å². The van der Waals surface area contributed by atoms with Crippen LogP contribution in [0.4, 0.5) is 0 Å². The fourth-order valence-electron chi connectivity index (χ4n) is 3.48. The molecule has 2 atom stereocenters. The van der Waals surface area contributed by atoms with Crippen LogP contribution in [0.15, 0.2) is 0 Å². The summed E-state index contributed by atoms with van der Waals surface area (Å²) >= 11 is 0. The van der Waals surface area contributed by atoms with Gasteiger partial charge in [-0.15, -0.1) is 12.4 Å². The number of hydrogen-bond donors (Lipinski definition) is 1. The number of carbonyl (C=O) groups is 1. The number of rotatable bonds is 6. The highest BCUT2D eigenvalue weighted by Gasteiger charge is 2.34. The highest BCUT2D eigenvalue weighted by Crippen LogP contribution is 2.21. The van der Waals surface area contributed by atoms with Crippen molar-refractivity contribution < 1.29 is 13.2 Å². The summed E-state index contributed by atoms with van der Waals surface area (Å²) < 4.78 is 26.8. The molecule has 2 unspecified atom stereocenters. The van der Waals surface area contributed by atoms with Gasteiger partial charge in [0, 0.05) is 32.2 Å². The molecule has 2 aliphatic rings. The Hall–Kier alpha value is -0.370. The van der Waals surface area contributed by atoms with Crippen molar-refractivity contribution in [2.24, 2.45) is 5.92 Å². The molecule has 2 heterocycles. The molecule has 8 heteroatoms. The number of piperazine rings is 1. The summed E-state index contributed by atoms with van der Waals surface area (Å²) in [4.78, 5) is 13.9. The molecule has 1 amide bonds. The zero-order valence-electron chi connectivity index (χ0n) is 14.2. The fraction of sp³-hybridized carbons (Fsp3) is 0.933. The van der Waals surface area contributed by atoms with Crippen molar-refractivity contribution in [1.29, 1.82) is 0 Å². The second-order valence-electron chi connectivity index (χ2n) is 6.59. The average Bonchev–Trinajstić information content (AvgIpc) is 2.47. The van der Waals surface area contributed by atoms with Gasteiger partial charge in [0.15, 0.2) is 0 Å². The Labute approximate surface area is 146 Å². The maximum absolute atomic E-state index is 12.6. The lowest BCUT2D eigenvalue weighted by atomic mass is 10.1. The van der Waals surface area contributed by atoms with Crippen LogP contribution >= 0.6 is 12.4 Å². The van der Waals surface area contributed by atoms with E-state index < -0.39 is 10.0 Å². The monoisotopic (exact) mass is 367 g/mol. The van der Waals surface area contributed by atoms with Gasteiger partial charge in [0.05, 0.1) is 12.3 Å². The highest BCUT2D eigenvalue weighted by atomic mass is 35.5. The van der Waals surface area contributed by atoms with Crippen molar-refractivity contribution in [3.63, 3.8) is 0 Å². The Balaban J connectivity index is 0.00000264. The second-order valence-corrected chi connectivity index (χ2v) is 8.60. The summed E-state index contributed by atoms with van der Waals surface area (Å²) in [6, 6.07) is 0.0413. The van der Waals surface area contributed by atoms with Gasteiger partial charge >= 0.3 is 0 Å². The van der Waals surface area contributed by atoms with Gasteiger partial charge in [-0.05, 0) is 25.2 Å². The zero-order chi connectivity index (χ0) is 16.2. The van der Waals surface area contributed by atoms with E-state index in [1.807, 2.05) is 11.8 Å². The van der Waals surface area contributed by atoms with Crippen molar-refractivity contribution >= 4 is 28.3 Å². The van der Waals surface area contributed by atoms with Crippen molar-refractivity contribution in [2.45, 2.75) is 45.6 Å².